The van der Waals surface area contributed by atoms with Crippen molar-refractivity contribution in [2.75, 3.05) is 6.61 Å². The molecule has 3 rings (SSSR count). The van der Waals surface area contributed by atoms with Crippen LogP contribution in [0.15, 0.2) is 30.3 Å². The van der Waals surface area contributed by atoms with Crippen molar-refractivity contribution in [2.24, 2.45) is 0 Å². The normalized spacial score (nSPS) is 23.7. The van der Waals surface area contributed by atoms with Gasteiger partial charge in [-0.25, -0.2) is 9.59 Å². The maximum Gasteiger partial charge on any atom is 0.511 e. The SMILES string of the molecule is CCOC(=O)OC(C)OC(=O)[C@@H]1N2C(=O)[C@@H](NC(=O)[C@H](NC(C)=O)c3ccccc3)[C@H]2SC1(C)C. The number of nitrogens with zero attached hydrogens (tertiary/aromatic N) is 1. The van der Waals surface area contributed by atoms with Gasteiger partial charge in [0.2, 0.25) is 24.0 Å². The molecule has 11 nitrogen and oxygen atoms in total. The predicted octanol–water partition coefficient (Wildman–Crippen LogP) is 1.47. The Balaban J connectivity index is 1.69. The van der Waals surface area contributed by atoms with E-state index in [4.69, 9.17) is 9.47 Å². The largest absolute Gasteiger partial charge is 0.511 e. The van der Waals surface area contributed by atoms with E-state index in [0.29, 0.717) is 5.56 Å². The zero-order valence-corrected chi connectivity index (χ0v) is 20.9. The van der Waals surface area contributed by atoms with Gasteiger partial charge in [-0.05, 0) is 26.3 Å². The lowest BCUT2D eigenvalue weighted by molar-refractivity contribution is -0.180. The number of hydrogen-bond donors (Lipinski definition) is 2. The quantitative estimate of drug-likeness (QED) is 0.304. The highest BCUT2D eigenvalue weighted by atomic mass is 32.2. The lowest BCUT2D eigenvalue weighted by Crippen LogP contribution is -2.71. The van der Waals surface area contributed by atoms with E-state index < -0.39 is 64.4 Å². The maximum absolute atomic E-state index is 13.0. The third-order valence-electron chi connectivity index (χ3n) is 5.51. The number of rotatable bonds is 8. The summed E-state index contributed by atoms with van der Waals surface area (Å²) in [6.45, 7) is 7.96. The molecule has 2 aliphatic heterocycles. The standard InChI is InChI=1S/C23H29N3O8S/c1-6-32-22(31)34-13(3)33-21(30)17-23(4,5)35-20-16(19(29)26(17)20)25-18(28)15(24-12(2)27)14-10-8-7-9-11-14/h7-11,13,15-17,20H,6H2,1-5H3,(H,24,27)(H,25,28)/t13?,15-,16-,17+,20-/m1/s1. The third kappa shape index (κ3) is 5.69. The van der Waals surface area contributed by atoms with Crippen LogP contribution in [0.4, 0.5) is 4.79 Å². The fourth-order valence-corrected chi connectivity index (χ4v) is 5.67. The summed E-state index contributed by atoms with van der Waals surface area (Å²) >= 11 is 1.35. The number of β-lactam (4-membered cyclic amide) rings is 1. The Bertz CT molecular complexity index is 1000. The fourth-order valence-electron chi connectivity index (χ4n) is 4.05. The van der Waals surface area contributed by atoms with E-state index >= 15 is 0 Å². The second kappa shape index (κ2) is 10.5. The van der Waals surface area contributed by atoms with Crippen molar-refractivity contribution < 1.29 is 38.2 Å². The molecule has 2 heterocycles. The van der Waals surface area contributed by atoms with Gasteiger partial charge in [-0.15, -0.1) is 11.8 Å². The number of thioether (sulfide) groups is 1. The third-order valence-corrected chi connectivity index (χ3v) is 7.08. The minimum Gasteiger partial charge on any atom is -0.435 e. The van der Waals surface area contributed by atoms with Crippen LogP contribution in [0.1, 0.15) is 46.2 Å². The first-order chi connectivity index (χ1) is 16.5. The number of carbonyl (C=O) groups excluding carboxylic acids is 5. The van der Waals surface area contributed by atoms with E-state index in [2.05, 4.69) is 15.4 Å². The topological polar surface area (TPSA) is 140 Å². The molecule has 1 unspecified atom stereocenters. The molecule has 2 N–H and O–H groups in total. The van der Waals surface area contributed by atoms with Gasteiger partial charge in [-0.2, -0.15) is 0 Å². The molecule has 190 valence electrons. The van der Waals surface area contributed by atoms with Crippen LogP contribution in [0.5, 0.6) is 0 Å². The smallest absolute Gasteiger partial charge is 0.435 e. The predicted molar refractivity (Wildman–Crippen MR) is 125 cm³/mol. The summed E-state index contributed by atoms with van der Waals surface area (Å²) in [4.78, 5) is 63.4. The average Bonchev–Trinajstić information content (AvgIpc) is 3.03. The highest BCUT2D eigenvalue weighted by Crippen LogP contribution is 2.51. The second-order valence-corrected chi connectivity index (χ2v) is 10.4. The number of amides is 3. The molecule has 0 radical (unpaired) electrons. The number of carbonyl (C=O) groups is 5. The Morgan fingerprint density at radius 1 is 1.14 bits per heavy atom. The minimum atomic E-state index is -1.21. The number of ether oxygens (including phenoxy) is 3. The van der Waals surface area contributed by atoms with Crippen LogP contribution in [-0.2, 0) is 33.4 Å². The van der Waals surface area contributed by atoms with E-state index in [1.807, 2.05) is 0 Å². The molecule has 0 aliphatic carbocycles. The van der Waals surface area contributed by atoms with Crippen molar-refractivity contribution in [3.05, 3.63) is 35.9 Å². The molecule has 2 fully saturated rings. The van der Waals surface area contributed by atoms with E-state index in [1.165, 1.54) is 30.5 Å². The van der Waals surface area contributed by atoms with Crippen LogP contribution < -0.4 is 10.6 Å². The van der Waals surface area contributed by atoms with Gasteiger partial charge in [0.1, 0.15) is 23.5 Å². The van der Waals surface area contributed by atoms with Crippen LogP contribution in [0, 0.1) is 0 Å². The van der Waals surface area contributed by atoms with Crippen molar-refractivity contribution in [1.29, 1.82) is 0 Å². The van der Waals surface area contributed by atoms with Crippen LogP contribution in [0.25, 0.3) is 0 Å². The van der Waals surface area contributed by atoms with Crippen molar-refractivity contribution in [3.63, 3.8) is 0 Å². The zero-order chi connectivity index (χ0) is 25.9. The zero-order valence-electron chi connectivity index (χ0n) is 20.1. The van der Waals surface area contributed by atoms with Gasteiger partial charge >= 0.3 is 12.1 Å². The van der Waals surface area contributed by atoms with Gasteiger partial charge < -0.3 is 29.7 Å². The van der Waals surface area contributed by atoms with Crippen LogP contribution in [-0.4, -0.2) is 69.8 Å². The Morgan fingerprint density at radius 2 is 1.80 bits per heavy atom. The molecule has 35 heavy (non-hydrogen) atoms. The number of esters is 1. The van der Waals surface area contributed by atoms with E-state index in [0.717, 1.165) is 0 Å². The average molecular weight is 508 g/mol. The summed E-state index contributed by atoms with van der Waals surface area (Å²) in [7, 11) is 0. The molecular formula is C23H29N3O8S. The highest BCUT2D eigenvalue weighted by Gasteiger charge is 2.64. The minimum absolute atomic E-state index is 0.107. The Hall–Kier alpha value is -3.28. The molecule has 2 saturated heterocycles. The summed E-state index contributed by atoms with van der Waals surface area (Å²) in [6.07, 6.45) is -2.18. The number of fused-ring (bicyclic) bond motifs is 1. The monoisotopic (exact) mass is 507 g/mol. The fraction of sp³-hybridized carbons (Fsp3) is 0.522. The van der Waals surface area contributed by atoms with Crippen molar-refractivity contribution in [2.45, 2.75) is 69.2 Å². The molecule has 2 aliphatic rings. The van der Waals surface area contributed by atoms with Crippen molar-refractivity contribution >= 4 is 41.6 Å². The number of nitrogens with one attached hydrogen (secondary N) is 2. The first kappa shape index (κ1) is 26.3. The van der Waals surface area contributed by atoms with Crippen LogP contribution in [0.2, 0.25) is 0 Å². The Labute approximate surface area is 207 Å². The van der Waals surface area contributed by atoms with Gasteiger partial charge in [0, 0.05) is 18.6 Å². The van der Waals surface area contributed by atoms with Gasteiger partial charge in [0.25, 0.3) is 0 Å². The van der Waals surface area contributed by atoms with E-state index in [9.17, 15) is 24.0 Å². The first-order valence-corrected chi connectivity index (χ1v) is 12.0. The van der Waals surface area contributed by atoms with Gasteiger partial charge in [0.05, 0.1) is 6.61 Å². The first-order valence-electron chi connectivity index (χ1n) is 11.1. The Morgan fingerprint density at radius 3 is 2.40 bits per heavy atom. The molecule has 0 aromatic heterocycles. The molecule has 0 saturated carbocycles. The Kier molecular flexibility index (Phi) is 7.93. The number of hydrogen-bond acceptors (Lipinski definition) is 9. The molecule has 1 aromatic rings. The second-order valence-electron chi connectivity index (χ2n) is 8.60. The van der Waals surface area contributed by atoms with Crippen LogP contribution >= 0.6 is 11.8 Å². The molecule has 1 aromatic carbocycles. The van der Waals surface area contributed by atoms with Crippen molar-refractivity contribution in [1.82, 2.24) is 15.5 Å². The molecule has 3 amide bonds. The van der Waals surface area contributed by atoms with Crippen molar-refractivity contribution in [3.8, 4) is 0 Å². The summed E-state index contributed by atoms with van der Waals surface area (Å²) in [5.74, 6) is -2.11. The maximum atomic E-state index is 13.0. The van der Waals surface area contributed by atoms with Gasteiger partial charge in [-0.3, -0.25) is 14.4 Å². The highest BCUT2D eigenvalue weighted by molar-refractivity contribution is 8.01. The molecule has 12 heteroatoms. The lowest BCUT2D eigenvalue weighted by Gasteiger charge is -2.44. The number of benzene rings is 1. The van der Waals surface area contributed by atoms with E-state index in [1.54, 1.807) is 51.1 Å². The van der Waals surface area contributed by atoms with E-state index in [-0.39, 0.29) is 6.61 Å². The molecule has 0 spiro atoms. The van der Waals surface area contributed by atoms with Gasteiger partial charge in [0.15, 0.2) is 0 Å². The van der Waals surface area contributed by atoms with Crippen LogP contribution in [0.3, 0.4) is 0 Å². The molecular weight excluding hydrogens is 478 g/mol. The summed E-state index contributed by atoms with van der Waals surface area (Å²) < 4.78 is 14.0. The summed E-state index contributed by atoms with van der Waals surface area (Å²) in [5.41, 5.74) is 0.570. The summed E-state index contributed by atoms with van der Waals surface area (Å²) in [5, 5.41) is 4.82. The molecule has 5 atom stereocenters. The lowest BCUT2D eigenvalue weighted by atomic mass is 9.95. The molecule has 0 bridgehead atoms. The van der Waals surface area contributed by atoms with Gasteiger partial charge in [-0.1, -0.05) is 30.3 Å². The summed E-state index contributed by atoms with van der Waals surface area (Å²) in [6, 6.07) is 5.87.